The first kappa shape index (κ1) is 9.75. The Morgan fingerprint density at radius 2 is 1.83 bits per heavy atom. The molecule has 0 aromatic heterocycles. The molecule has 2 nitrogen and oxygen atoms in total. The van der Waals surface area contributed by atoms with E-state index in [9.17, 15) is 5.21 Å². The summed E-state index contributed by atoms with van der Waals surface area (Å²) in [6.45, 7) is 10.0. The summed E-state index contributed by atoms with van der Waals surface area (Å²) in [6, 6.07) is 0. The highest BCUT2D eigenvalue weighted by atomic mass is 16.5. The molecule has 0 aromatic rings. The Hall–Kier alpha value is -0.340. The summed E-state index contributed by atoms with van der Waals surface area (Å²) in [7, 11) is 0. The van der Waals surface area contributed by atoms with Gasteiger partial charge in [0.2, 0.25) is 0 Å². The summed E-state index contributed by atoms with van der Waals surface area (Å²) in [5.41, 5.74) is 0.620. The van der Waals surface area contributed by atoms with Crippen molar-refractivity contribution in [2.45, 2.75) is 52.1 Å². The van der Waals surface area contributed by atoms with Crippen molar-refractivity contribution in [3.8, 4) is 0 Å². The fourth-order valence-electron chi connectivity index (χ4n) is 2.05. The van der Waals surface area contributed by atoms with Crippen molar-refractivity contribution >= 4 is 0 Å². The predicted octanol–water partition coefficient (Wildman–Crippen LogP) is 2.54. The number of hydrogen-bond acceptors (Lipinski definition) is 1. The van der Waals surface area contributed by atoms with Crippen molar-refractivity contribution in [3.63, 3.8) is 0 Å². The lowest BCUT2D eigenvalue weighted by Crippen LogP contribution is -2.46. The first-order chi connectivity index (χ1) is 5.32. The minimum Gasteiger partial charge on any atom is -0.136 e. The Morgan fingerprint density at radius 3 is 2.00 bits per heavy atom. The summed E-state index contributed by atoms with van der Waals surface area (Å²) in [5.74, 6) is 0. The van der Waals surface area contributed by atoms with Gasteiger partial charge in [-0.15, -0.1) is 10.3 Å². The first-order valence-corrected chi connectivity index (χ1v) is 4.52. The minimum absolute atomic E-state index is 0.307. The highest BCUT2D eigenvalue weighted by molar-refractivity contribution is 5.29. The zero-order valence-corrected chi connectivity index (χ0v) is 8.64. The van der Waals surface area contributed by atoms with Crippen LogP contribution in [0.15, 0.2) is 11.6 Å². The molecule has 0 atom stereocenters. The van der Waals surface area contributed by atoms with Crippen LogP contribution >= 0.6 is 0 Å². The molecular weight excluding hydrogens is 150 g/mol. The average molecular weight is 168 g/mol. The standard InChI is InChI=1S/C10H18NO/c1-6-8-7-9(2,3)11(12)10(8,4)5/h7H,6H2,1-5H3. The fourth-order valence-corrected chi connectivity index (χ4v) is 2.05. The second-order valence-electron chi connectivity index (χ2n) is 4.53. The maximum atomic E-state index is 11.8. The Kier molecular flexibility index (Phi) is 2.09. The van der Waals surface area contributed by atoms with Gasteiger partial charge in [0, 0.05) is 0 Å². The van der Waals surface area contributed by atoms with E-state index in [0.717, 1.165) is 6.42 Å². The van der Waals surface area contributed by atoms with Crippen LogP contribution in [0, 0.1) is 0 Å². The summed E-state index contributed by atoms with van der Waals surface area (Å²) < 4.78 is 0. The summed E-state index contributed by atoms with van der Waals surface area (Å²) >= 11 is 0. The van der Waals surface area contributed by atoms with E-state index < -0.39 is 0 Å². The molecular formula is C10H18NO. The first-order valence-electron chi connectivity index (χ1n) is 4.52. The van der Waals surface area contributed by atoms with Crippen molar-refractivity contribution in [1.82, 2.24) is 5.06 Å². The molecule has 1 aliphatic heterocycles. The number of rotatable bonds is 1. The number of hydroxylamine groups is 2. The molecule has 0 saturated carbocycles. The lowest BCUT2D eigenvalue weighted by Gasteiger charge is -2.33. The Bertz CT molecular complexity index is 216. The fraction of sp³-hybridized carbons (Fsp3) is 0.800. The van der Waals surface area contributed by atoms with Crippen LogP contribution in [0.1, 0.15) is 41.0 Å². The number of hydrogen-bond donors (Lipinski definition) is 0. The van der Waals surface area contributed by atoms with Crippen molar-refractivity contribution in [3.05, 3.63) is 11.6 Å². The molecule has 0 unspecified atom stereocenters. The van der Waals surface area contributed by atoms with Crippen LogP contribution in [0.5, 0.6) is 0 Å². The van der Waals surface area contributed by atoms with E-state index in [1.165, 1.54) is 10.6 Å². The quantitative estimate of drug-likeness (QED) is 0.552. The van der Waals surface area contributed by atoms with Crippen LogP contribution in [-0.4, -0.2) is 16.1 Å². The highest BCUT2D eigenvalue weighted by Gasteiger charge is 2.45. The normalized spacial score (nSPS) is 27.3. The van der Waals surface area contributed by atoms with Crippen LogP contribution in [-0.2, 0) is 5.21 Å². The van der Waals surface area contributed by atoms with Gasteiger partial charge < -0.3 is 0 Å². The topological polar surface area (TPSA) is 23.1 Å². The Labute approximate surface area is 74.8 Å². The lowest BCUT2D eigenvalue weighted by atomic mass is 9.95. The second-order valence-corrected chi connectivity index (χ2v) is 4.53. The third-order valence-corrected chi connectivity index (χ3v) is 2.73. The van der Waals surface area contributed by atoms with E-state index in [4.69, 9.17) is 0 Å². The van der Waals surface area contributed by atoms with Gasteiger partial charge in [-0.05, 0) is 34.1 Å². The average Bonchev–Trinajstić information content (AvgIpc) is 2.11. The van der Waals surface area contributed by atoms with E-state index in [-0.39, 0.29) is 11.1 Å². The molecule has 0 saturated heterocycles. The van der Waals surface area contributed by atoms with Gasteiger partial charge in [-0.25, -0.2) is 0 Å². The van der Waals surface area contributed by atoms with Gasteiger partial charge >= 0.3 is 0 Å². The molecule has 1 heterocycles. The maximum Gasteiger partial charge on any atom is 0.0656 e. The predicted molar refractivity (Wildman–Crippen MR) is 49.1 cm³/mol. The Balaban J connectivity index is 3.03. The molecule has 0 aromatic carbocycles. The number of nitrogens with zero attached hydrogens (tertiary/aromatic N) is 1. The molecule has 0 bridgehead atoms. The van der Waals surface area contributed by atoms with Gasteiger partial charge in [0.15, 0.2) is 0 Å². The van der Waals surface area contributed by atoms with Crippen molar-refractivity contribution in [2.75, 3.05) is 0 Å². The second kappa shape index (κ2) is 2.57. The van der Waals surface area contributed by atoms with Crippen molar-refractivity contribution < 1.29 is 5.21 Å². The van der Waals surface area contributed by atoms with Gasteiger partial charge in [0.25, 0.3) is 0 Å². The molecule has 0 fully saturated rings. The van der Waals surface area contributed by atoms with Crippen LogP contribution in [0.2, 0.25) is 0 Å². The van der Waals surface area contributed by atoms with Gasteiger partial charge in [0.05, 0.1) is 11.1 Å². The monoisotopic (exact) mass is 168 g/mol. The molecule has 0 aliphatic carbocycles. The molecule has 69 valence electrons. The van der Waals surface area contributed by atoms with Crippen molar-refractivity contribution in [1.29, 1.82) is 0 Å². The van der Waals surface area contributed by atoms with Gasteiger partial charge in [-0.1, -0.05) is 18.6 Å². The molecule has 2 heteroatoms. The molecule has 0 amide bonds. The van der Waals surface area contributed by atoms with E-state index in [2.05, 4.69) is 13.0 Å². The molecule has 1 rings (SSSR count). The smallest absolute Gasteiger partial charge is 0.0656 e. The van der Waals surface area contributed by atoms with E-state index in [1.807, 2.05) is 27.7 Å². The van der Waals surface area contributed by atoms with Crippen LogP contribution < -0.4 is 0 Å². The zero-order chi connectivity index (χ0) is 9.57. The summed E-state index contributed by atoms with van der Waals surface area (Å²) in [5, 5.41) is 13.0. The van der Waals surface area contributed by atoms with E-state index in [1.54, 1.807) is 0 Å². The molecule has 1 radical (unpaired) electrons. The third-order valence-electron chi connectivity index (χ3n) is 2.73. The SMILES string of the molecule is CCC1=CC(C)(C)N([O])C1(C)C. The molecule has 1 aliphatic rings. The maximum absolute atomic E-state index is 11.8. The molecule has 0 spiro atoms. The summed E-state index contributed by atoms with van der Waals surface area (Å²) in [4.78, 5) is 0. The van der Waals surface area contributed by atoms with Crippen LogP contribution in [0.25, 0.3) is 0 Å². The van der Waals surface area contributed by atoms with E-state index >= 15 is 0 Å². The Morgan fingerprint density at radius 1 is 1.33 bits per heavy atom. The van der Waals surface area contributed by atoms with Crippen LogP contribution in [0.4, 0.5) is 0 Å². The largest absolute Gasteiger partial charge is 0.136 e. The van der Waals surface area contributed by atoms with Gasteiger partial charge in [-0.2, -0.15) is 0 Å². The summed E-state index contributed by atoms with van der Waals surface area (Å²) in [6.07, 6.45) is 3.06. The van der Waals surface area contributed by atoms with E-state index in [0.29, 0.717) is 0 Å². The van der Waals surface area contributed by atoms with Gasteiger partial charge in [-0.3, -0.25) is 0 Å². The zero-order valence-electron chi connectivity index (χ0n) is 8.64. The lowest BCUT2D eigenvalue weighted by molar-refractivity contribution is -0.238. The minimum atomic E-state index is -0.325. The molecule has 0 N–H and O–H groups in total. The van der Waals surface area contributed by atoms with Gasteiger partial charge in [0.1, 0.15) is 0 Å². The third kappa shape index (κ3) is 1.19. The molecule has 12 heavy (non-hydrogen) atoms. The van der Waals surface area contributed by atoms with Crippen molar-refractivity contribution in [2.24, 2.45) is 0 Å². The van der Waals surface area contributed by atoms with Crippen LogP contribution in [0.3, 0.4) is 0 Å². The highest BCUT2D eigenvalue weighted by Crippen LogP contribution is 2.39.